The van der Waals surface area contributed by atoms with E-state index < -0.39 is 0 Å². The van der Waals surface area contributed by atoms with Gasteiger partial charge in [0.1, 0.15) is 11.6 Å². The Bertz CT molecular complexity index is 711. The van der Waals surface area contributed by atoms with E-state index in [2.05, 4.69) is 21.7 Å². The number of fused-ring (bicyclic) bond motifs is 1. The Hall–Kier alpha value is -2.30. The fourth-order valence-electron chi connectivity index (χ4n) is 2.87. The maximum atomic E-state index is 12.0. The van der Waals surface area contributed by atoms with E-state index in [1.54, 1.807) is 0 Å². The molecule has 5 nitrogen and oxygen atoms in total. The van der Waals surface area contributed by atoms with Crippen LogP contribution in [0.5, 0.6) is 5.75 Å². The molecule has 0 aliphatic heterocycles. The molecule has 136 valence electrons. The van der Waals surface area contributed by atoms with Crippen LogP contribution in [0.2, 0.25) is 0 Å². The highest BCUT2D eigenvalue weighted by atomic mass is 16.5. The lowest BCUT2D eigenvalue weighted by Crippen LogP contribution is -2.33. The summed E-state index contributed by atoms with van der Waals surface area (Å²) >= 11 is 0. The Morgan fingerprint density at radius 2 is 1.92 bits per heavy atom. The first-order chi connectivity index (χ1) is 12.1. The fourth-order valence-corrected chi connectivity index (χ4v) is 2.87. The van der Waals surface area contributed by atoms with Gasteiger partial charge in [-0.1, -0.05) is 13.8 Å². The van der Waals surface area contributed by atoms with Crippen molar-refractivity contribution in [1.82, 2.24) is 10.3 Å². The highest BCUT2D eigenvalue weighted by Crippen LogP contribution is 2.24. The second-order valence-corrected chi connectivity index (χ2v) is 6.17. The minimum Gasteiger partial charge on any atom is -0.494 e. The van der Waals surface area contributed by atoms with E-state index in [9.17, 15) is 4.79 Å². The van der Waals surface area contributed by atoms with Gasteiger partial charge in [-0.2, -0.15) is 0 Å². The summed E-state index contributed by atoms with van der Waals surface area (Å²) in [5, 5.41) is 7.37. The Balaban J connectivity index is 1.96. The number of nitrogens with zero attached hydrogens (tertiary/aromatic N) is 1. The van der Waals surface area contributed by atoms with Gasteiger partial charge in [-0.15, -0.1) is 0 Å². The summed E-state index contributed by atoms with van der Waals surface area (Å²) in [5.41, 5.74) is 2.00. The third-order valence-electron chi connectivity index (χ3n) is 4.36. The summed E-state index contributed by atoms with van der Waals surface area (Å²) < 4.78 is 5.54. The van der Waals surface area contributed by atoms with Crippen LogP contribution in [0.3, 0.4) is 0 Å². The highest BCUT2D eigenvalue weighted by Gasteiger charge is 2.13. The summed E-state index contributed by atoms with van der Waals surface area (Å²) in [5.74, 6) is 1.97. The molecule has 1 heterocycles. The molecule has 0 spiro atoms. The fraction of sp³-hybridized carbons (Fsp3) is 0.500. The van der Waals surface area contributed by atoms with Crippen LogP contribution < -0.4 is 15.4 Å². The summed E-state index contributed by atoms with van der Waals surface area (Å²) in [7, 11) is 0. The molecule has 0 aliphatic carbocycles. The van der Waals surface area contributed by atoms with Crippen molar-refractivity contribution >= 4 is 22.6 Å². The average molecular weight is 343 g/mol. The Labute approximate surface area is 150 Å². The average Bonchev–Trinajstić information content (AvgIpc) is 2.60. The topological polar surface area (TPSA) is 63.2 Å². The van der Waals surface area contributed by atoms with Crippen molar-refractivity contribution in [3.05, 3.63) is 29.8 Å². The number of pyridine rings is 1. The molecule has 0 saturated heterocycles. The first-order valence-corrected chi connectivity index (χ1v) is 9.14. The summed E-state index contributed by atoms with van der Waals surface area (Å²) in [4.78, 5) is 16.7. The molecule has 1 amide bonds. The predicted octanol–water partition coefficient (Wildman–Crippen LogP) is 3.91. The lowest BCUT2D eigenvalue weighted by Gasteiger charge is -2.14. The van der Waals surface area contributed by atoms with Crippen LogP contribution in [-0.2, 0) is 4.79 Å². The van der Waals surface area contributed by atoms with Crippen LogP contribution in [0.1, 0.15) is 39.2 Å². The molecule has 25 heavy (non-hydrogen) atoms. The number of aryl methyl sites for hydroxylation is 1. The molecule has 2 rings (SSSR count). The lowest BCUT2D eigenvalue weighted by molar-refractivity contribution is -0.125. The molecule has 2 aromatic rings. The number of rotatable bonds is 9. The molecular weight excluding hydrogens is 314 g/mol. The van der Waals surface area contributed by atoms with Gasteiger partial charge < -0.3 is 15.4 Å². The maximum absolute atomic E-state index is 12.0. The predicted molar refractivity (Wildman–Crippen MR) is 103 cm³/mol. The summed E-state index contributed by atoms with van der Waals surface area (Å²) in [6, 6.07) is 8.03. The third-order valence-corrected chi connectivity index (χ3v) is 4.36. The van der Waals surface area contributed by atoms with Gasteiger partial charge in [0.15, 0.2) is 0 Å². The summed E-state index contributed by atoms with van der Waals surface area (Å²) in [6.07, 6.45) is 1.76. The number of carbonyl (C=O) groups excluding carboxylic acids is 1. The van der Waals surface area contributed by atoms with E-state index in [4.69, 9.17) is 4.74 Å². The van der Waals surface area contributed by atoms with Gasteiger partial charge >= 0.3 is 0 Å². The number of amides is 1. The molecule has 0 unspecified atom stereocenters. The van der Waals surface area contributed by atoms with Crippen LogP contribution in [0.25, 0.3) is 10.9 Å². The number of ether oxygens (including phenoxy) is 1. The van der Waals surface area contributed by atoms with Crippen LogP contribution in [0, 0.1) is 12.8 Å². The smallest absolute Gasteiger partial charge is 0.223 e. The molecule has 0 aliphatic rings. The van der Waals surface area contributed by atoms with E-state index in [-0.39, 0.29) is 11.8 Å². The minimum absolute atomic E-state index is 0.111. The molecule has 0 radical (unpaired) electrons. The van der Waals surface area contributed by atoms with Crippen molar-refractivity contribution in [2.45, 2.75) is 40.5 Å². The van der Waals surface area contributed by atoms with Gasteiger partial charge in [0.2, 0.25) is 5.91 Å². The Kier molecular flexibility index (Phi) is 7.04. The molecule has 0 atom stereocenters. The molecule has 5 heteroatoms. The first kappa shape index (κ1) is 19.0. The maximum Gasteiger partial charge on any atom is 0.223 e. The first-order valence-electron chi connectivity index (χ1n) is 9.14. The minimum atomic E-state index is 0.111. The van der Waals surface area contributed by atoms with Crippen LogP contribution in [0.15, 0.2) is 24.3 Å². The molecule has 0 saturated carbocycles. The molecular formula is C20H29N3O2. The SMILES string of the molecule is CCOc1ccc2nc(NCCNC(=O)C(CC)CC)c(C)cc2c1. The number of benzene rings is 1. The number of anilines is 1. The normalized spacial score (nSPS) is 10.9. The number of hydrogen-bond acceptors (Lipinski definition) is 4. The van der Waals surface area contributed by atoms with E-state index in [1.165, 1.54) is 0 Å². The quantitative estimate of drug-likeness (QED) is 0.678. The van der Waals surface area contributed by atoms with E-state index in [0.717, 1.165) is 40.9 Å². The van der Waals surface area contributed by atoms with E-state index in [0.29, 0.717) is 19.7 Å². The van der Waals surface area contributed by atoms with Gasteiger partial charge in [-0.25, -0.2) is 4.98 Å². The van der Waals surface area contributed by atoms with E-state index in [1.807, 2.05) is 45.9 Å². The van der Waals surface area contributed by atoms with Crippen molar-refractivity contribution in [2.75, 3.05) is 25.0 Å². The van der Waals surface area contributed by atoms with E-state index >= 15 is 0 Å². The van der Waals surface area contributed by atoms with Crippen LogP contribution in [0.4, 0.5) is 5.82 Å². The van der Waals surface area contributed by atoms with Gasteiger partial charge in [-0.05, 0) is 56.5 Å². The Morgan fingerprint density at radius 1 is 1.16 bits per heavy atom. The number of nitrogens with one attached hydrogen (secondary N) is 2. The molecule has 2 N–H and O–H groups in total. The molecule has 0 fully saturated rings. The van der Waals surface area contributed by atoms with Crippen LogP contribution >= 0.6 is 0 Å². The monoisotopic (exact) mass is 343 g/mol. The molecule has 0 bridgehead atoms. The Morgan fingerprint density at radius 3 is 2.60 bits per heavy atom. The van der Waals surface area contributed by atoms with Crippen molar-refractivity contribution in [3.8, 4) is 5.75 Å². The van der Waals surface area contributed by atoms with Crippen molar-refractivity contribution in [3.63, 3.8) is 0 Å². The third kappa shape index (κ3) is 5.08. The standard InChI is InChI=1S/C20H29N3O2/c1-5-15(6-2)20(24)22-11-10-21-19-14(4)12-16-13-17(25-7-3)8-9-18(16)23-19/h8-9,12-13,15H,5-7,10-11H2,1-4H3,(H,21,23)(H,22,24). The van der Waals surface area contributed by atoms with Crippen LogP contribution in [-0.4, -0.2) is 30.6 Å². The number of carbonyl (C=O) groups is 1. The number of aromatic nitrogens is 1. The van der Waals surface area contributed by atoms with Gasteiger partial charge in [0.05, 0.1) is 12.1 Å². The van der Waals surface area contributed by atoms with Crippen molar-refractivity contribution in [2.24, 2.45) is 5.92 Å². The second kappa shape index (κ2) is 9.25. The summed E-state index contributed by atoms with van der Waals surface area (Å²) in [6.45, 7) is 10.0. The van der Waals surface area contributed by atoms with Gasteiger partial charge in [0, 0.05) is 24.4 Å². The highest BCUT2D eigenvalue weighted by molar-refractivity contribution is 5.83. The second-order valence-electron chi connectivity index (χ2n) is 6.17. The molecule has 1 aromatic heterocycles. The zero-order chi connectivity index (χ0) is 18.2. The zero-order valence-corrected chi connectivity index (χ0v) is 15.7. The number of hydrogen-bond donors (Lipinski definition) is 2. The zero-order valence-electron chi connectivity index (χ0n) is 15.7. The van der Waals surface area contributed by atoms with Gasteiger partial charge in [-0.3, -0.25) is 4.79 Å². The van der Waals surface area contributed by atoms with Crippen molar-refractivity contribution < 1.29 is 9.53 Å². The van der Waals surface area contributed by atoms with Crippen molar-refractivity contribution in [1.29, 1.82) is 0 Å². The molecule has 1 aromatic carbocycles. The largest absolute Gasteiger partial charge is 0.494 e. The lowest BCUT2D eigenvalue weighted by atomic mass is 10.0. The van der Waals surface area contributed by atoms with Gasteiger partial charge in [0.25, 0.3) is 0 Å².